The zero-order valence-electron chi connectivity index (χ0n) is 17.5. The zero-order valence-corrected chi connectivity index (χ0v) is 18.3. The molecule has 0 amide bonds. The third-order valence-electron chi connectivity index (χ3n) is 5.36. The maximum atomic E-state index is 5.42. The predicted molar refractivity (Wildman–Crippen MR) is 120 cm³/mol. The largest absolute Gasteiger partial charge is 0.493 e. The van der Waals surface area contributed by atoms with Gasteiger partial charge in [0.05, 0.1) is 14.2 Å². The summed E-state index contributed by atoms with van der Waals surface area (Å²) < 4.78 is 10.8. The number of ether oxygens (including phenoxy) is 2. The Kier molecular flexibility index (Phi) is 8.40. The Balaban J connectivity index is 0.00000280. The van der Waals surface area contributed by atoms with Gasteiger partial charge < -0.3 is 14.4 Å². The highest BCUT2D eigenvalue weighted by Gasteiger charge is 2.16. The molecule has 0 unspecified atom stereocenters. The van der Waals surface area contributed by atoms with Gasteiger partial charge in [0, 0.05) is 6.54 Å². The average molecular weight is 402 g/mol. The molecule has 0 spiro atoms. The molecule has 0 atom stereocenters. The van der Waals surface area contributed by atoms with Crippen LogP contribution in [0.4, 0.5) is 0 Å². The van der Waals surface area contributed by atoms with E-state index in [1.807, 2.05) is 0 Å². The van der Waals surface area contributed by atoms with Crippen LogP contribution in [0.3, 0.4) is 0 Å². The van der Waals surface area contributed by atoms with Gasteiger partial charge in [-0.25, -0.2) is 0 Å². The molecule has 0 aromatic heterocycles. The Morgan fingerprint density at radius 2 is 1.61 bits per heavy atom. The highest BCUT2D eigenvalue weighted by atomic mass is 35.5. The molecule has 0 bridgehead atoms. The number of benzene rings is 2. The van der Waals surface area contributed by atoms with Crippen molar-refractivity contribution in [1.29, 1.82) is 0 Å². The third kappa shape index (κ3) is 5.76. The molecule has 0 heterocycles. The first-order valence-electron chi connectivity index (χ1n) is 9.77. The normalized spacial score (nSPS) is 12.4. The minimum atomic E-state index is 0. The van der Waals surface area contributed by atoms with E-state index in [0.29, 0.717) is 0 Å². The molecule has 4 heteroatoms. The van der Waals surface area contributed by atoms with Gasteiger partial charge >= 0.3 is 0 Å². The summed E-state index contributed by atoms with van der Waals surface area (Å²) in [5.74, 6) is 1.63. The molecular weight excluding hydrogens is 370 g/mol. The van der Waals surface area contributed by atoms with Gasteiger partial charge in [-0.05, 0) is 75.0 Å². The first kappa shape index (κ1) is 22.3. The summed E-state index contributed by atoms with van der Waals surface area (Å²) in [5, 5.41) is 0. The molecule has 2 aromatic rings. The van der Waals surface area contributed by atoms with Crippen molar-refractivity contribution in [1.82, 2.24) is 4.90 Å². The van der Waals surface area contributed by atoms with Crippen molar-refractivity contribution in [2.75, 3.05) is 34.4 Å². The second-order valence-electron chi connectivity index (χ2n) is 7.53. The van der Waals surface area contributed by atoms with Crippen LogP contribution >= 0.6 is 12.4 Å². The number of hydrogen-bond donors (Lipinski definition) is 0. The van der Waals surface area contributed by atoms with Crippen molar-refractivity contribution in [2.24, 2.45) is 0 Å². The standard InChI is InChI=1S/C24H31NO2.ClH/c1-18-7-9-19(10-8-18)11-13-25(2)12-5-6-20-14-21-16-23(26-3)24(27-4)17-22(21)15-20;/h7-10,14,16-17H,5-6,11-13,15H2,1-4H3;1H. The second kappa shape index (κ2) is 10.5. The van der Waals surface area contributed by atoms with E-state index >= 15 is 0 Å². The number of aryl methyl sites for hydroxylation is 1. The van der Waals surface area contributed by atoms with Gasteiger partial charge in [0.25, 0.3) is 0 Å². The van der Waals surface area contributed by atoms with Crippen molar-refractivity contribution in [3.8, 4) is 11.5 Å². The average Bonchev–Trinajstić information content (AvgIpc) is 3.07. The number of allylic oxidation sites excluding steroid dienone is 1. The number of nitrogens with zero attached hydrogens (tertiary/aromatic N) is 1. The zero-order chi connectivity index (χ0) is 19.2. The molecule has 3 nitrogen and oxygen atoms in total. The first-order valence-corrected chi connectivity index (χ1v) is 9.77. The smallest absolute Gasteiger partial charge is 0.161 e. The number of halogens is 1. The lowest BCUT2D eigenvalue weighted by Gasteiger charge is -2.16. The lowest BCUT2D eigenvalue weighted by Crippen LogP contribution is -2.22. The monoisotopic (exact) mass is 401 g/mol. The molecule has 3 rings (SSSR count). The number of rotatable bonds is 9. The van der Waals surface area contributed by atoms with E-state index in [-0.39, 0.29) is 12.4 Å². The van der Waals surface area contributed by atoms with Gasteiger partial charge in [-0.1, -0.05) is 41.5 Å². The summed E-state index contributed by atoms with van der Waals surface area (Å²) in [4.78, 5) is 2.44. The van der Waals surface area contributed by atoms with Crippen LogP contribution < -0.4 is 9.47 Å². The van der Waals surface area contributed by atoms with Gasteiger partial charge in [-0.3, -0.25) is 0 Å². The predicted octanol–water partition coefficient (Wildman–Crippen LogP) is 5.33. The second-order valence-corrected chi connectivity index (χ2v) is 7.53. The molecular formula is C24H32ClNO2. The van der Waals surface area contributed by atoms with Crippen molar-refractivity contribution in [3.05, 3.63) is 64.2 Å². The third-order valence-corrected chi connectivity index (χ3v) is 5.36. The van der Waals surface area contributed by atoms with Gasteiger partial charge in [0.15, 0.2) is 11.5 Å². The summed E-state index contributed by atoms with van der Waals surface area (Å²) in [6.07, 6.45) is 6.81. The van der Waals surface area contributed by atoms with E-state index in [1.165, 1.54) is 34.2 Å². The fourth-order valence-corrected chi connectivity index (χ4v) is 3.66. The molecule has 0 aliphatic heterocycles. The van der Waals surface area contributed by atoms with E-state index in [2.05, 4.69) is 61.3 Å². The van der Waals surface area contributed by atoms with Crippen LogP contribution in [-0.2, 0) is 12.8 Å². The molecule has 0 fully saturated rings. The Morgan fingerprint density at radius 3 is 2.29 bits per heavy atom. The van der Waals surface area contributed by atoms with Crippen molar-refractivity contribution >= 4 is 18.5 Å². The van der Waals surface area contributed by atoms with E-state index in [9.17, 15) is 0 Å². The first-order chi connectivity index (χ1) is 13.1. The maximum absolute atomic E-state index is 5.42. The molecule has 0 saturated carbocycles. The molecule has 0 saturated heterocycles. The van der Waals surface area contributed by atoms with E-state index in [1.54, 1.807) is 14.2 Å². The molecule has 0 radical (unpaired) electrons. The van der Waals surface area contributed by atoms with E-state index < -0.39 is 0 Å². The Morgan fingerprint density at radius 1 is 0.929 bits per heavy atom. The number of hydrogen-bond acceptors (Lipinski definition) is 3. The van der Waals surface area contributed by atoms with Crippen LogP contribution in [0, 0.1) is 6.92 Å². The summed E-state index contributed by atoms with van der Waals surface area (Å²) in [5.41, 5.74) is 6.87. The quantitative estimate of drug-likeness (QED) is 0.567. The molecule has 1 aliphatic carbocycles. The van der Waals surface area contributed by atoms with Crippen LogP contribution in [0.25, 0.3) is 6.08 Å². The number of likely N-dealkylation sites (N-methyl/N-ethyl adjacent to an activating group) is 1. The van der Waals surface area contributed by atoms with Gasteiger partial charge in [-0.2, -0.15) is 0 Å². The van der Waals surface area contributed by atoms with Gasteiger partial charge in [0.1, 0.15) is 0 Å². The van der Waals surface area contributed by atoms with E-state index in [4.69, 9.17) is 9.47 Å². The minimum absolute atomic E-state index is 0. The lowest BCUT2D eigenvalue weighted by molar-refractivity contribution is 0.333. The van der Waals surface area contributed by atoms with Crippen LogP contribution in [0.2, 0.25) is 0 Å². The van der Waals surface area contributed by atoms with Crippen LogP contribution in [0.1, 0.15) is 35.1 Å². The van der Waals surface area contributed by atoms with Gasteiger partial charge in [-0.15, -0.1) is 12.4 Å². The van der Waals surface area contributed by atoms with Crippen molar-refractivity contribution in [2.45, 2.75) is 32.6 Å². The minimum Gasteiger partial charge on any atom is -0.493 e. The number of methoxy groups -OCH3 is 2. The van der Waals surface area contributed by atoms with Crippen LogP contribution in [0.5, 0.6) is 11.5 Å². The summed E-state index contributed by atoms with van der Waals surface area (Å²) >= 11 is 0. The van der Waals surface area contributed by atoms with Crippen LogP contribution in [0.15, 0.2) is 42.0 Å². The highest BCUT2D eigenvalue weighted by Crippen LogP contribution is 2.36. The highest BCUT2D eigenvalue weighted by molar-refractivity contribution is 5.85. The van der Waals surface area contributed by atoms with Crippen molar-refractivity contribution in [3.63, 3.8) is 0 Å². The summed E-state index contributed by atoms with van der Waals surface area (Å²) in [6.45, 7) is 4.38. The lowest BCUT2D eigenvalue weighted by atomic mass is 10.1. The van der Waals surface area contributed by atoms with E-state index in [0.717, 1.165) is 43.9 Å². The Bertz CT molecular complexity index is 799. The summed E-state index contributed by atoms with van der Waals surface area (Å²) in [6, 6.07) is 13.1. The Labute approximate surface area is 175 Å². The molecule has 1 aliphatic rings. The SMILES string of the molecule is COc1cc2c(cc1OC)CC(CCCN(C)CCc1ccc(C)cc1)=C2.Cl. The molecule has 28 heavy (non-hydrogen) atoms. The van der Waals surface area contributed by atoms with Crippen molar-refractivity contribution < 1.29 is 9.47 Å². The summed E-state index contributed by atoms with van der Waals surface area (Å²) in [7, 11) is 5.61. The fourth-order valence-electron chi connectivity index (χ4n) is 3.66. The molecule has 152 valence electrons. The van der Waals surface area contributed by atoms with Gasteiger partial charge in [0.2, 0.25) is 0 Å². The van der Waals surface area contributed by atoms with Crippen LogP contribution in [-0.4, -0.2) is 39.3 Å². The number of fused-ring (bicyclic) bond motifs is 1. The topological polar surface area (TPSA) is 21.7 Å². The maximum Gasteiger partial charge on any atom is 0.161 e. The fraction of sp³-hybridized carbons (Fsp3) is 0.417. The molecule has 0 N–H and O–H groups in total. The molecule has 2 aromatic carbocycles. The Hall–Kier alpha value is -1.97.